The van der Waals surface area contributed by atoms with E-state index in [2.05, 4.69) is 15.9 Å². The molecule has 0 aliphatic rings. The van der Waals surface area contributed by atoms with Gasteiger partial charge in [0.25, 0.3) is 0 Å². The van der Waals surface area contributed by atoms with Crippen LogP contribution in [0.4, 0.5) is 4.39 Å². The largest absolute Gasteiger partial charge is 0.497 e. The van der Waals surface area contributed by atoms with Crippen molar-refractivity contribution >= 4 is 15.9 Å². The van der Waals surface area contributed by atoms with E-state index in [1.165, 1.54) is 12.1 Å². The molecule has 5 heteroatoms. The van der Waals surface area contributed by atoms with E-state index in [-0.39, 0.29) is 5.82 Å². The first-order valence-electron chi connectivity index (χ1n) is 5.98. The minimum atomic E-state index is -0.483. The molecule has 0 amide bonds. The number of hydrogen-bond acceptors (Lipinski definition) is 3. The highest BCUT2D eigenvalue weighted by atomic mass is 79.9. The molecule has 0 radical (unpaired) electrons. The topological polar surface area (TPSA) is 44.5 Å². The first kappa shape index (κ1) is 14.8. The zero-order chi connectivity index (χ0) is 14.7. The molecule has 0 aromatic heterocycles. The minimum Gasteiger partial charge on any atom is -0.497 e. The van der Waals surface area contributed by atoms with E-state index in [9.17, 15) is 4.39 Å². The number of nitrogens with two attached hydrogens (primary N) is 1. The molecule has 0 saturated heterocycles. The van der Waals surface area contributed by atoms with Crippen LogP contribution in [-0.4, -0.2) is 14.2 Å². The Labute approximate surface area is 125 Å². The predicted octanol–water partition coefficient (Wildman–Crippen LogP) is 3.65. The van der Waals surface area contributed by atoms with E-state index >= 15 is 0 Å². The molecule has 1 atom stereocenters. The molecular weight excluding hydrogens is 325 g/mol. The Hall–Kier alpha value is -1.59. The summed E-state index contributed by atoms with van der Waals surface area (Å²) in [5.74, 6) is 0.952. The maximum atomic E-state index is 13.5. The van der Waals surface area contributed by atoms with Gasteiger partial charge in [-0.25, -0.2) is 4.39 Å². The molecule has 0 spiro atoms. The summed E-state index contributed by atoms with van der Waals surface area (Å²) in [6.45, 7) is 0. The number of halogens is 2. The second kappa shape index (κ2) is 6.24. The quantitative estimate of drug-likeness (QED) is 0.924. The summed E-state index contributed by atoms with van der Waals surface area (Å²) in [4.78, 5) is 0. The summed E-state index contributed by atoms with van der Waals surface area (Å²) >= 11 is 3.27. The van der Waals surface area contributed by atoms with Crippen molar-refractivity contribution in [1.82, 2.24) is 0 Å². The minimum absolute atomic E-state index is 0.336. The Morgan fingerprint density at radius 3 is 2.45 bits per heavy atom. The lowest BCUT2D eigenvalue weighted by atomic mass is 9.98. The second-order valence-electron chi connectivity index (χ2n) is 4.29. The molecule has 0 bridgehead atoms. The van der Waals surface area contributed by atoms with Crippen LogP contribution in [0.15, 0.2) is 40.9 Å². The van der Waals surface area contributed by atoms with Gasteiger partial charge in [0.2, 0.25) is 0 Å². The SMILES string of the molecule is COc1ccc(C(N)c2cc(F)cc(Br)c2)c(OC)c1. The zero-order valence-corrected chi connectivity index (χ0v) is 12.8. The van der Waals surface area contributed by atoms with Crippen molar-refractivity contribution in [3.05, 3.63) is 57.8 Å². The van der Waals surface area contributed by atoms with Crippen molar-refractivity contribution in [2.75, 3.05) is 14.2 Å². The number of ether oxygens (including phenoxy) is 2. The van der Waals surface area contributed by atoms with E-state index < -0.39 is 6.04 Å². The van der Waals surface area contributed by atoms with Crippen LogP contribution >= 0.6 is 15.9 Å². The van der Waals surface area contributed by atoms with Crippen LogP contribution in [0.3, 0.4) is 0 Å². The molecule has 0 aliphatic heterocycles. The lowest BCUT2D eigenvalue weighted by molar-refractivity contribution is 0.390. The summed E-state index contributed by atoms with van der Waals surface area (Å²) in [6.07, 6.45) is 0. The van der Waals surface area contributed by atoms with Gasteiger partial charge in [-0.1, -0.05) is 15.9 Å². The van der Waals surface area contributed by atoms with Crippen LogP contribution in [-0.2, 0) is 0 Å². The average Bonchev–Trinajstić information content (AvgIpc) is 2.44. The van der Waals surface area contributed by atoms with Gasteiger partial charge in [-0.2, -0.15) is 0 Å². The fourth-order valence-corrected chi connectivity index (χ4v) is 2.49. The van der Waals surface area contributed by atoms with Crippen molar-refractivity contribution < 1.29 is 13.9 Å². The average molecular weight is 340 g/mol. The summed E-state index contributed by atoms with van der Waals surface area (Å²) in [6, 6.07) is 9.48. The summed E-state index contributed by atoms with van der Waals surface area (Å²) < 4.78 is 24.6. The van der Waals surface area contributed by atoms with Gasteiger partial charge in [-0.15, -0.1) is 0 Å². The molecule has 2 aromatic rings. The molecule has 0 heterocycles. The van der Waals surface area contributed by atoms with E-state index in [4.69, 9.17) is 15.2 Å². The molecule has 2 aromatic carbocycles. The van der Waals surface area contributed by atoms with Gasteiger partial charge in [0.1, 0.15) is 17.3 Å². The van der Waals surface area contributed by atoms with Gasteiger partial charge in [-0.05, 0) is 35.9 Å². The van der Waals surface area contributed by atoms with Crippen molar-refractivity contribution in [1.29, 1.82) is 0 Å². The highest BCUT2D eigenvalue weighted by Gasteiger charge is 2.16. The van der Waals surface area contributed by atoms with Crippen LogP contribution < -0.4 is 15.2 Å². The van der Waals surface area contributed by atoms with Crippen LogP contribution in [0, 0.1) is 5.82 Å². The van der Waals surface area contributed by atoms with Crippen LogP contribution in [0.5, 0.6) is 11.5 Å². The Kier molecular flexibility index (Phi) is 4.62. The van der Waals surface area contributed by atoms with Gasteiger partial charge in [0.05, 0.1) is 20.3 Å². The molecular formula is C15H15BrFNO2. The fraction of sp³-hybridized carbons (Fsp3) is 0.200. The van der Waals surface area contributed by atoms with Crippen molar-refractivity contribution in [3.63, 3.8) is 0 Å². The highest BCUT2D eigenvalue weighted by Crippen LogP contribution is 2.32. The Morgan fingerprint density at radius 1 is 1.10 bits per heavy atom. The first-order valence-corrected chi connectivity index (χ1v) is 6.78. The Morgan fingerprint density at radius 2 is 1.85 bits per heavy atom. The third kappa shape index (κ3) is 3.11. The van der Waals surface area contributed by atoms with Crippen molar-refractivity contribution in [2.24, 2.45) is 5.73 Å². The summed E-state index contributed by atoms with van der Waals surface area (Å²) in [5.41, 5.74) is 7.65. The smallest absolute Gasteiger partial charge is 0.127 e. The third-order valence-electron chi connectivity index (χ3n) is 3.02. The molecule has 20 heavy (non-hydrogen) atoms. The van der Waals surface area contributed by atoms with E-state index in [0.717, 1.165) is 5.56 Å². The Bertz CT molecular complexity index is 599. The van der Waals surface area contributed by atoms with Gasteiger partial charge < -0.3 is 15.2 Å². The normalized spacial score (nSPS) is 12.1. The van der Waals surface area contributed by atoms with Gasteiger partial charge >= 0.3 is 0 Å². The summed E-state index contributed by atoms with van der Waals surface area (Å²) in [5, 5.41) is 0. The number of rotatable bonds is 4. The van der Waals surface area contributed by atoms with Crippen LogP contribution in [0.1, 0.15) is 17.2 Å². The molecule has 0 aliphatic carbocycles. The summed E-state index contributed by atoms with van der Waals surface area (Å²) in [7, 11) is 3.14. The predicted molar refractivity (Wildman–Crippen MR) is 79.7 cm³/mol. The standard InChI is InChI=1S/C15H15BrFNO2/c1-19-12-3-4-13(14(8-12)20-2)15(18)9-5-10(16)7-11(17)6-9/h3-8,15H,18H2,1-2H3. The molecule has 106 valence electrons. The monoisotopic (exact) mass is 339 g/mol. The number of methoxy groups -OCH3 is 2. The zero-order valence-electron chi connectivity index (χ0n) is 11.2. The molecule has 2 rings (SSSR count). The lowest BCUT2D eigenvalue weighted by Gasteiger charge is -2.17. The van der Waals surface area contributed by atoms with Gasteiger partial charge in [-0.3, -0.25) is 0 Å². The van der Waals surface area contributed by atoms with E-state index in [1.807, 2.05) is 6.07 Å². The van der Waals surface area contributed by atoms with Gasteiger partial charge in [0, 0.05) is 16.1 Å². The molecule has 1 unspecified atom stereocenters. The number of benzene rings is 2. The highest BCUT2D eigenvalue weighted by molar-refractivity contribution is 9.10. The van der Waals surface area contributed by atoms with Crippen LogP contribution in [0.25, 0.3) is 0 Å². The van der Waals surface area contributed by atoms with Gasteiger partial charge in [0.15, 0.2) is 0 Å². The first-order chi connectivity index (χ1) is 9.55. The lowest BCUT2D eigenvalue weighted by Crippen LogP contribution is -2.13. The fourth-order valence-electron chi connectivity index (χ4n) is 2.01. The second-order valence-corrected chi connectivity index (χ2v) is 5.20. The van der Waals surface area contributed by atoms with Crippen molar-refractivity contribution in [3.8, 4) is 11.5 Å². The maximum absolute atomic E-state index is 13.5. The third-order valence-corrected chi connectivity index (χ3v) is 3.48. The maximum Gasteiger partial charge on any atom is 0.127 e. The van der Waals surface area contributed by atoms with E-state index in [0.29, 0.717) is 21.5 Å². The Balaban J connectivity index is 2.44. The molecule has 3 nitrogen and oxygen atoms in total. The van der Waals surface area contributed by atoms with Crippen LogP contribution in [0.2, 0.25) is 0 Å². The van der Waals surface area contributed by atoms with E-state index in [1.54, 1.807) is 32.4 Å². The number of hydrogen-bond donors (Lipinski definition) is 1. The van der Waals surface area contributed by atoms with Crippen molar-refractivity contribution in [2.45, 2.75) is 6.04 Å². The molecule has 0 saturated carbocycles. The molecule has 2 N–H and O–H groups in total. The molecule has 0 fully saturated rings.